The lowest BCUT2D eigenvalue weighted by Gasteiger charge is -2.22. The number of aromatic nitrogens is 1. The van der Waals surface area contributed by atoms with E-state index in [0.29, 0.717) is 5.56 Å². The maximum absolute atomic E-state index is 13.5. The van der Waals surface area contributed by atoms with Crippen LogP contribution in [0.4, 0.5) is 5.82 Å². The molecule has 176 valence electrons. The number of nitrogens with two attached hydrogens (primary N) is 1. The zero-order chi connectivity index (χ0) is 25.0. The number of amides is 2. The van der Waals surface area contributed by atoms with Crippen LogP contribution in [0.25, 0.3) is 0 Å². The maximum Gasteiger partial charge on any atom is 0.322 e. The van der Waals surface area contributed by atoms with Gasteiger partial charge in [-0.1, -0.05) is 64.6 Å². The Bertz CT molecular complexity index is 1150. The Morgan fingerprint density at radius 1 is 0.882 bits per heavy atom. The number of halogens is 4. The standard InChI is InChI=1S/C23H17Cl4N3O4/c1-34-23(33)17(28)10-12-8-9-18(29-11-12)30(21(31)19-13(24)4-2-5-14(19)25)22(32)20-15(26)6-3-7-16(20)27/h2-9,11,17H,10,28H2,1H3/t17-/m0/s1. The Morgan fingerprint density at radius 3 is 1.74 bits per heavy atom. The average Bonchev–Trinajstić information content (AvgIpc) is 2.79. The van der Waals surface area contributed by atoms with Crippen LogP contribution >= 0.6 is 46.4 Å². The summed E-state index contributed by atoms with van der Waals surface area (Å²) in [5.41, 5.74) is 6.18. The average molecular weight is 541 g/mol. The van der Waals surface area contributed by atoms with Gasteiger partial charge in [0.2, 0.25) is 0 Å². The SMILES string of the molecule is COC(=O)[C@@H](N)Cc1ccc(N(C(=O)c2c(Cl)cccc2Cl)C(=O)c2c(Cl)cccc2Cl)nc1. The van der Waals surface area contributed by atoms with E-state index in [1.165, 1.54) is 43.6 Å². The Labute approximate surface area is 215 Å². The van der Waals surface area contributed by atoms with Crippen molar-refractivity contribution < 1.29 is 19.1 Å². The van der Waals surface area contributed by atoms with Gasteiger partial charge in [-0.25, -0.2) is 9.88 Å². The zero-order valence-corrected chi connectivity index (χ0v) is 20.6. The third-order valence-corrected chi connectivity index (χ3v) is 6.02. The summed E-state index contributed by atoms with van der Waals surface area (Å²) >= 11 is 24.9. The highest BCUT2D eigenvalue weighted by atomic mass is 35.5. The van der Waals surface area contributed by atoms with Gasteiger partial charge >= 0.3 is 5.97 Å². The Morgan fingerprint density at radius 2 is 1.35 bits per heavy atom. The molecule has 0 fully saturated rings. The molecule has 0 aliphatic carbocycles. The number of rotatable bonds is 6. The first kappa shape index (κ1) is 25.9. The number of pyridine rings is 1. The summed E-state index contributed by atoms with van der Waals surface area (Å²) in [6, 6.07) is 11.1. The topological polar surface area (TPSA) is 103 Å². The Balaban J connectivity index is 2.08. The highest BCUT2D eigenvalue weighted by molar-refractivity contribution is 6.45. The van der Waals surface area contributed by atoms with Crippen LogP contribution in [0.5, 0.6) is 0 Å². The first-order chi connectivity index (χ1) is 16.1. The van der Waals surface area contributed by atoms with Gasteiger partial charge in [0.05, 0.1) is 38.3 Å². The third kappa shape index (κ3) is 5.51. The molecule has 2 N–H and O–H groups in total. The number of hydrogen-bond donors (Lipinski definition) is 1. The van der Waals surface area contributed by atoms with Crippen LogP contribution in [-0.4, -0.2) is 35.9 Å². The number of hydrogen-bond acceptors (Lipinski definition) is 6. The van der Waals surface area contributed by atoms with E-state index in [1.54, 1.807) is 18.2 Å². The minimum atomic E-state index is -0.902. The van der Waals surface area contributed by atoms with Crippen molar-refractivity contribution in [3.63, 3.8) is 0 Å². The molecule has 11 heteroatoms. The molecule has 0 spiro atoms. The molecule has 0 aliphatic rings. The quantitative estimate of drug-likeness (QED) is 0.339. The number of methoxy groups -OCH3 is 1. The van der Waals surface area contributed by atoms with E-state index in [4.69, 9.17) is 52.1 Å². The molecule has 1 atom stereocenters. The third-order valence-electron chi connectivity index (χ3n) is 4.76. The van der Waals surface area contributed by atoms with Crippen molar-refractivity contribution in [1.82, 2.24) is 4.98 Å². The minimum Gasteiger partial charge on any atom is -0.468 e. The van der Waals surface area contributed by atoms with E-state index in [1.807, 2.05) is 0 Å². The summed E-state index contributed by atoms with van der Waals surface area (Å²) < 4.78 is 4.62. The predicted molar refractivity (Wildman–Crippen MR) is 132 cm³/mol. The Hall–Kier alpha value is -2.68. The molecule has 7 nitrogen and oxygen atoms in total. The number of carbonyl (C=O) groups excluding carboxylic acids is 3. The molecule has 0 saturated heterocycles. The molecular formula is C23H17Cl4N3O4. The monoisotopic (exact) mass is 539 g/mol. The molecule has 0 bridgehead atoms. The van der Waals surface area contributed by atoms with Crippen LogP contribution in [0.2, 0.25) is 20.1 Å². The lowest BCUT2D eigenvalue weighted by molar-refractivity contribution is -0.142. The highest BCUT2D eigenvalue weighted by Crippen LogP contribution is 2.31. The van der Waals surface area contributed by atoms with Crippen LogP contribution in [0, 0.1) is 0 Å². The molecular weight excluding hydrogens is 524 g/mol. The van der Waals surface area contributed by atoms with Crippen molar-refractivity contribution in [3.05, 3.63) is 91.5 Å². The fraction of sp³-hybridized carbons (Fsp3) is 0.130. The summed E-state index contributed by atoms with van der Waals surface area (Å²) in [5.74, 6) is -2.29. The van der Waals surface area contributed by atoms with E-state index >= 15 is 0 Å². The second kappa shape index (κ2) is 11.2. The number of esters is 1. The van der Waals surface area contributed by atoms with Gasteiger partial charge in [0, 0.05) is 6.20 Å². The molecule has 0 unspecified atom stereocenters. The molecule has 1 heterocycles. The van der Waals surface area contributed by atoms with Crippen molar-refractivity contribution in [2.24, 2.45) is 5.73 Å². The smallest absolute Gasteiger partial charge is 0.322 e. The summed E-state index contributed by atoms with van der Waals surface area (Å²) in [5, 5.41) is 0.171. The van der Waals surface area contributed by atoms with Gasteiger partial charge in [-0.15, -0.1) is 0 Å². The molecule has 34 heavy (non-hydrogen) atoms. The van der Waals surface area contributed by atoms with Gasteiger partial charge in [-0.05, 0) is 42.3 Å². The summed E-state index contributed by atoms with van der Waals surface area (Å²) in [6.45, 7) is 0. The molecule has 2 aromatic carbocycles. The maximum atomic E-state index is 13.5. The second-order valence-corrected chi connectivity index (χ2v) is 8.63. The van der Waals surface area contributed by atoms with Crippen LogP contribution in [0.3, 0.4) is 0 Å². The molecule has 0 radical (unpaired) electrons. The van der Waals surface area contributed by atoms with E-state index in [9.17, 15) is 14.4 Å². The number of anilines is 1. The molecule has 0 aliphatic heterocycles. The van der Waals surface area contributed by atoms with E-state index in [-0.39, 0.29) is 43.5 Å². The van der Waals surface area contributed by atoms with Crippen LogP contribution in [0.15, 0.2) is 54.7 Å². The molecule has 0 saturated carbocycles. The van der Waals surface area contributed by atoms with Gasteiger partial charge in [0.1, 0.15) is 11.9 Å². The van der Waals surface area contributed by atoms with Crippen LogP contribution in [-0.2, 0) is 16.0 Å². The minimum absolute atomic E-state index is 0.0428. The van der Waals surface area contributed by atoms with Crippen molar-refractivity contribution in [1.29, 1.82) is 0 Å². The predicted octanol–water partition coefficient (Wildman–Crippen LogP) is 5.23. The summed E-state index contributed by atoms with van der Waals surface area (Å²) in [7, 11) is 1.23. The van der Waals surface area contributed by atoms with E-state index in [0.717, 1.165) is 4.90 Å². The van der Waals surface area contributed by atoms with Crippen molar-refractivity contribution in [2.45, 2.75) is 12.5 Å². The lowest BCUT2D eigenvalue weighted by Crippen LogP contribution is -2.38. The summed E-state index contributed by atoms with van der Waals surface area (Å²) in [6.07, 6.45) is 1.52. The number of nitrogens with zero attached hydrogens (tertiary/aromatic N) is 2. The summed E-state index contributed by atoms with van der Waals surface area (Å²) in [4.78, 5) is 43.7. The number of ether oxygens (including phenoxy) is 1. The number of imide groups is 1. The van der Waals surface area contributed by atoms with Crippen LogP contribution in [0.1, 0.15) is 26.3 Å². The highest BCUT2D eigenvalue weighted by Gasteiger charge is 2.32. The number of carbonyl (C=O) groups is 3. The zero-order valence-electron chi connectivity index (χ0n) is 17.6. The van der Waals surface area contributed by atoms with Crippen molar-refractivity contribution in [3.8, 4) is 0 Å². The van der Waals surface area contributed by atoms with Crippen LogP contribution < -0.4 is 10.6 Å². The van der Waals surface area contributed by atoms with Gasteiger partial charge in [0.15, 0.2) is 0 Å². The molecule has 3 rings (SSSR count). The molecule has 2 amide bonds. The second-order valence-electron chi connectivity index (χ2n) is 7.00. The van der Waals surface area contributed by atoms with Crippen molar-refractivity contribution in [2.75, 3.05) is 12.0 Å². The fourth-order valence-electron chi connectivity index (χ4n) is 3.09. The largest absolute Gasteiger partial charge is 0.468 e. The Kier molecular flexibility index (Phi) is 8.52. The van der Waals surface area contributed by atoms with E-state index < -0.39 is 23.8 Å². The van der Waals surface area contributed by atoms with Gasteiger partial charge in [0.25, 0.3) is 11.8 Å². The van der Waals surface area contributed by atoms with Gasteiger partial charge in [-0.2, -0.15) is 0 Å². The van der Waals surface area contributed by atoms with Gasteiger partial charge in [-0.3, -0.25) is 14.4 Å². The van der Waals surface area contributed by atoms with Gasteiger partial charge < -0.3 is 10.5 Å². The molecule has 1 aromatic heterocycles. The van der Waals surface area contributed by atoms with Crippen molar-refractivity contribution >= 4 is 70.0 Å². The van der Waals surface area contributed by atoms with E-state index in [2.05, 4.69) is 9.72 Å². The normalized spacial score (nSPS) is 11.6. The number of benzene rings is 2. The fourth-order valence-corrected chi connectivity index (χ4v) is 4.20. The first-order valence-electron chi connectivity index (χ1n) is 9.70. The molecule has 3 aromatic rings. The lowest BCUT2D eigenvalue weighted by atomic mass is 10.1. The first-order valence-corrected chi connectivity index (χ1v) is 11.2.